The third-order valence-corrected chi connectivity index (χ3v) is 11.2. The first-order valence-electron chi connectivity index (χ1n) is 19.4. The highest BCUT2D eigenvalue weighted by Crippen LogP contribution is 2.39. The summed E-state index contributed by atoms with van der Waals surface area (Å²) < 4.78 is 9.55. The van der Waals surface area contributed by atoms with E-state index in [1.54, 1.807) is 0 Å². The number of carbonyl (C=O) groups is 4. The van der Waals surface area contributed by atoms with E-state index in [4.69, 9.17) is 19.4 Å². The molecule has 0 aliphatic carbocycles. The second-order valence-corrected chi connectivity index (χ2v) is 15.7. The topological polar surface area (TPSA) is 175 Å². The minimum absolute atomic E-state index is 0.114. The van der Waals surface area contributed by atoms with E-state index < -0.39 is 24.3 Å². The lowest BCUT2D eigenvalue weighted by atomic mass is 9.99. The van der Waals surface area contributed by atoms with Gasteiger partial charge in [-0.2, -0.15) is 0 Å². The number of amides is 4. The van der Waals surface area contributed by atoms with E-state index >= 15 is 0 Å². The van der Waals surface area contributed by atoms with Gasteiger partial charge in [-0.25, -0.2) is 19.6 Å². The van der Waals surface area contributed by atoms with Gasteiger partial charge >= 0.3 is 12.2 Å². The molecule has 0 bridgehead atoms. The van der Waals surface area contributed by atoms with E-state index in [-0.39, 0.29) is 47.6 Å². The van der Waals surface area contributed by atoms with Crippen LogP contribution in [0.15, 0.2) is 60.9 Å². The van der Waals surface area contributed by atoms with Gasteiger partial charge in [0.05, 0.1) is 50.1 Å². The predicted octanol–water partition coefficient (Wildman–Crippen LogP) is 6.71. The average Bonchev–Trinajstić information content (AvgIpc) is 4.02. The molecule has 6 rings (SSSR count). The number of rotatable bonds is 11. The van der Waals surface area contributed by atoms with Gasteiger partial charge < -0.3 is 39.9 Å². The summed E-state index contributed by atoms with van der Waals surface area (Å²) in [7, 11) is 2.58. The Hall–Kier alpha value is -5.66. The Morgan fingerprint density at radius 1 is 0.625 bits per heavy atom. The summed E-state index contributed by atoms with van der Waals surface area (Å²) in [5.74, 6) is 1.30. The van der Waals surface area contributed by atoms with E-state index in [2.05, 4.69) is 83.0 Å². The van der Waals surface area contributed by atoms with Crippen molar-refractivity contribution >= 4 is 24.0 Å². The first kappa shape index (κ1) is 40.0. The number of nitrogens with zero attached hydrogens (tertiary/aromatic N) is 4. The molecule has 2 aromatic heterocycles. The van der Waals surface area contributed by atoms with E-state index in [0.717, 1.165) is 58.1 Å². The number of nitrogens with one attached hydrogen (secondary N) is 4. The second kappa shape index (κ2) is 17.0. The Kier molecular flexibility index (Phi) is 12.2. The standard InChI is InChI=1S/C42H54N8O6/c1-23(2)33(47-41(53)55-7)39(51)49-19-17-25(5)35(49)37-43-21-31(45-37)29-13-9-27(10-14-29)28-11-15-30(16-12-28)32-22-44-38(46-32)36-26(6)18-20-50(36)40(52)34(24(3)4)48-42(54)56-8/h9-16,21-26,33-36H,17-20H2,1-8H3,(H,43,45)(H,44,46)(H,47,53)(H,48,54)/t25-,26-,33-,34-,35-,36-/m0/s1. The van der Waals surface area contributed by atoms with Crippen LogP contribution in [0.1, 0.15) is 78.1 Å². The van der Waals surface area contributed by atoms with Crippen molar-refractivity contribution < 1.29 is 28.7 Å². The SMILES string of the molecule is COC(=O)N[C@H](C(=O)N1CC[C@H](C)[C@H]1c1ncc(-c2ccc(-c3ccc(-c4cnc([C@@H]5[C@@H](C)CCN5C(=O)[C@@H](NC(=O)OC)C(C)C)[nH]4)cc3)cc2)[nH]1)C(C)C. The summed E-state index contributed by atoms with van der Waals surface area (Å²) in [5, 5.41) is 5.42. The fourth-order valence-corrected chi connectivity index (χ4v) is 7.93. The van der Waals surface area contributed by atoms with Crippen molar-refractivity contribution in [2.75, 3.05) is 27.3 Å². The van der Waals surface area contributed by atoms with E-state index in [1.165, 1.54) is 14.2 Å². The lowest BCUT2D eigenvalue weighted by Crippen LogP contribution is -2.51. The number of methoxy groups -OCH3 is 2. The third kappa shape index (κ3) is 8.29. The molecule has 0 spiro atoms. The van der Waals surface area contributed by atoms with Gasteiger partial charge in [-0.05, 0) is 58.8 Å². The number of imidazole rings is 2. The minimum Gasteiger partial charge on any atom is -0.453 e. The number of hydrogen-bond acceptors (Lipinski definition) is 8. The van der Waals surface area contributed by atoms with Gasteiger partial charge in [-0.3, -0.25) is 9.59 Å². The van der Waals surface area contributed by atoms with Crippen molar-refractivity contribution in [1.29, 1.82) is 0 Å². The summed E-state index contributed by atoms with van der Waals surface area (Å²) in [5.41, 5.74) is 5.76. The van der Waals surface area contributed by atoms with Crippen LogP contribution in [0.4, 0.5) is 9.59 Å². The number of H-pyrrole nitrogens is 2. The molecule has 4 N–H and O–H groups in total. The monoisotopic (exact) mass is 766 g/mol. The minimum atomic E-state index is -0.700. The molecule has 6 atom stereocenters. The summed E-state index contributed by atoms with van der Waals surface area (Å²) in [6, 6.07) is 14.6. The highest BCUT2D eigenvalue weighted by molar-refractivity contribution is 5.87. The molecular formula is C42H54N8O6. The average molecular weight is 767 g/mol. The summed E-state index contributed by atoms with van der Waals surface area (Å²) in [6.07, 6.45) is 4.03. The van der Waals surface area contributed by atoms with Crippen molar-refractivity contribution in [2.45, 2.75) is 78.6 Å². The van der Waals surface area contributed by atoms with Crippen LogP contribution in [-0.2, 0) is 19.1 Å². The Balaban J connectivity index is 1.13. The van der Waals surface area contributed by atoms with Gasteiger partial charge in [0, 0.05) is 13.1 Å². The molecule has 0 saturated carbocycles. The highest BCUT2D eigenvalue weighted by atomic mass is 16.5. The van der Waals surface area contributed by atoms with E-state index in [0.29, 0.717) is 13.1 Å². The van der Waals surface area contributed by atoms with E-state index in [9.17, 15) is 19.2 Å². The van der Waals surface area contributed by atoms with Crippen molar-refractivity contribution in [3.63, 3.8) is 0 Å². The second-order valence-electron chi connectivity index (χ2n) is 15.7. The van der Waals surface area contributed by atoms with Crippen molar-refractivity contribution in [3.8, 4) is 33.6 Å². The summed E-state index contributed by atoms with van der Waals surface area (Å²) >= 11 is 0. The third-order valence-electron chi connectivity index (χ3n) is 11.2. The van der Waals surface area contributed by atoms with Crippen LogP contribution in [0.3, 0.4) is 0 Å². The molecule has 0 unspecified atom stereocenters. The fourth-order valence-electron chi connectivity index (χ4n) is 7.93. The van der Waals surface area contributed by atoms with Gasteiger partial charge in [-0.15, -0.1) is 0 Å². The smallest absolute Gasteiger partial charge is 0.407 e. The molecule has 4 aromatic rings. The van der Waals surface area contributed by atoms with Crippen LogP contribution in [0.25, 0.3) is 33.6 Å². The maximum Gasteiger partial charge on any atom is 0.407 e. The van der Waals surface area contributed by atoms with Crippen molar-refractivity contribution in [3.05, 3.63) is 72.6 Å². The molecule has 14 nitrogen and oxygen atoms in total. The number of alkyl carbamates (subject to hydrolysis) is 2. The lowest BCUT2D eigenvalue weighted by molar-refractivity contribution is -0.136. The molecular weight excluding hydrogens is 713 g/mol. The number of likely N-dealkylation sites (tertiary alicyclic amines) is 2. The normalized spacial score (nSPS) is 20.6. The molecule has 4 amide bonds. The molecule has 0 radical (unpaired) electrons. The summed E-state index contributed by atoms with van der Waals surface area (Å²) in [6.45, 7) is 13.0. The zero-order valence-corrected chi connectivity index (χ0v) is 33.5. The highest BCUT2D eigenvalue weighted by Gasteiger charge is 2.42. The molecule has 298 valence electrons. The molecule has 56 heavy (non-hydrogen) atoms. The van der Waals surface area contributed by atoms with Crippen LogP contribution in [0, 0.1) is 23.7 Å². The van der Waals surface area contributed by atoms with Crippen LogP contribution in [-0.4, -0.2) is 93.1 Å². The molecule has 2 fully saturated rings. The fraction of sp³-hybridized carbons (Fsp3) is 0.476. The Morgan fingerprint density at radius 3 is 1.29 bits per heavy atom. The number of aromatic amines is 2. The number of aromatic nitrogens is 4. The van der Waals surface area contributed by atoms with Crippen molar-refractivity contribution in [1.82, 2.24) is 40.4 Å². The molecule has 14 heteroatoms. The van der Waals surface area contributed by atoms with Gasteiger partial charge in [0.2, 0.25) is 11.8 Å². The zero-order chi connectivity index (χ0) is 40.3. The lowest BCUT2D eigenvalue weighted by Gasteiger charge is -2.31. The molecule has 2 aliphatic heterocycles. The Bertz CT molecular complexity index is 1860. The molecule has 4 heterocycles. The van der Waals surface area contributed by atoms with Crippen LogP contribution < -0.4 is 10.6 Å². The van der Waals surface area contributed by atoms with Crippen LogP contribution in [0.5, 0.6) is 0 Å². The Morgan fingerprint density at radius 2 is 0.964 bits per heavy atom. The largest absolute Gasteiger partial charge is 0.453 e. The maximum atomic E-state index is 13.7. The van der Waals surface area contributed by atoms with Crippen LogP contribution >= 0.6 is 0 Å². The van der Waals surface area contributed by atoms with Crippen LogP contribution in [0.2, 0.25) is 0 Å². The first-order valence-corrected chi connectivity index (χ1v) is 19.4. The van der Waals surface area contributed by atoms with Gasteiger partial charge in [0.15, 0.2) is 0 Å². The molecule has 2 saturated heterocycles. The summed E-state index contributed by atoms with van der Waals surface area (Å²) in [4.78, 5) is 71.4. The number of carbonyl (C=O) groups excluding carboxylic acids is 4. The quantitative estimate of drug-likeness (QED) is 0.130. The zero-order valence-electron chi connectivity index (χ0n) is 33.5. The van der Waals surface area contributed by atoms with E-state index in [1.807, 2.05) is 49.9 Å². The molecule has 2 aromatic carbocycles. The number of hydrogen-bond donors (Lipinski definition) is 4. The van der Waals surface area contributed by atoms with Gasteiger partial charge in [0.25, 0.3) is 0 Å². The first-order chi connectivity index (χ1) is 26.8. The number of benzene rings is 2. The van der Waals surface area contributed by atoms with Crippen molar-refractivity contribution in [2.24, 2.45) is 23.7 Å². The Labute approximate surface area is 328 Å². The van der Waals surface area contributed by atoms with Gasteiger partial charge in [-0.1, -0.05) is 90.1 Å². The number of ether oxygens (including phenoxy) is 2. The molecule has 2 aliphatic rings. The maximum absolute atomic E-state index is 13.7. The van der Waals surface area contributed by atoms with Gasteiger partial charge in [0.1, 0.15) is 23.7 Å². The predicted molar refractivity (Wildman–Crippen MR) is 212 cm³/mol.